The number of carboxylic acid groups (broad SMARTS) is 2. The molecule has 1 aromatic rings. The first-order chi connectivity index (χ1) is 17.3. The molecule has 0 aliphatic heterocycles. The maximum atomic E-state index is 13.1. The molecule has 0 radical (unpaired) electrons. The van der Waals surface area contributed by atoms with Crippen molar-refractivity contribution in [2.45, 2.75) is 76.7 Å². The highest BCUT2D eigenvalue weighted by molar-refractivity contribution is 5.94. The van der Waals surface area contributed by atoms with Crippen LogP contribution < -0.4 is 21.7 Å². The second kappa shape index (κ2) is 14.8. The van der Waals surface area contributed by atoms with Crippen molar-refractivity contribution in [3.8, 4) is 5.75 Å². The number of phenolic OH excluding ortho intramolecular Hbond substituents is 1. The third-order valence-electron chi connectivity index (χ3n) is 5.85. The van der Waals surface area contributed by atoms with Crippen LogP contribution in [0.5, 0.6) is 5.75 Å². The number of carbonyl (C=O) groups excluding carboxylic acids is 3. The highest BCUT2D eigenvalue weighted by Crippen LogP contribution is 2.13. The SMILES string of the molecule is CCC(C)C(NC(=O)C(Cc1ccc(O)cc1)NC(=O)C(NC(=O)C(N)CCC(=O)O)C(C)O)C(=O)O. The van der Waals surface area contributed by atoms with Crippen LogP contribution in [0.1, 0.15) is 45.6 Å². The highest BCUT2D eigenvalue weighted by atomic mass is 16.4. The average molecular weight is 525 g/mol. The number of carboxylic acids is 2. The Hall–Kier alpha value is -3.71. The molecule has 6 unspecified atom stereocenters. The number of aromatic hydroxyl groups is 1. The number of nitrogens with two attached hydrogens (primary N) is 1. The fraction of sp³-hybridized carbons (Fsp3) is 0.542. The summed E-state index contributed by atoms with van der Waals surface area (Å²) in [5.41, 5.74) is 6.20. The van der Waals surface area contributed by atoms with E-state index in [1.807, 2.05) is 0 Å². The summed E-state index contributed by atoms with van der Waals surface area (Å²) >= 11 is 0. The molecular weight excluding hydrogens is 488 g/mol. The molecule has 9 N–H and O–H groups in total. The van der Waals surface area contributed by atoms with Gasteiger partial charge < -0.3 is 42.1 Å². The summed E-state index contributed by atoms with van der Waals surface area (Å²) in [6.07, 6.45) is -1.63. The minimum atomic E-state index is -1.54. The van der Waals surface area contributed by atoms with Gasteiger partial charge in [-0.15, -0.1) is 0 Å². The van der Waals surface area contributed by atoms with Crippen LogP contribution in [0.3, 0.4) is 0 Å². The first-order valence-electron chi connectivity index (χ1n) is 11.8. The molecule has 1 rings (SSSR count). The number of nitrogens with one attached hydrogen (secondary N) is 3. The molecule has 0 fully saturated rings. The summed E-state index contributed by atoms with van der Waals surface area (Å²) in [5, 5.41) is 45.1. The zero-order chi connectivity index (χ0) is 28.3. The summed E-state index contributed by atoms with van der Waals surface area (Å²) in [7, 11) is 0. The van der Waals surface area contributed by atoms with Crippen molar-refractivity contribution in [3.05, 3.63) is 29.8 Å². The zero-order valence-electron chi connectivity index (χ0n) is 21.0. The molecule has 206 valence electrons. The largest absolute Gasteiger partial charge is 0.508 e. The molecule has 6 atom stereocenters. The summed E-state index contributed by atoms with van der Waals surface area (Å²) in [6, 6.07) is 0.459. The van der Waals surface area contributed by atoms with E-state index < -0.39 is 65.8 Å². The number of hydrogen-bond acceptors (Lipinski definition) is 8. The van der Waals surface area contributed by atoms with Gasteiger partial charge in [0.25, 0.3) is 0 Å². The lowest BCUT2D eigenvalue weighted by atomic mass is 9.98. The monoisotopic (exact) mass is 524 g/mol. The number of hydrogen-bond donors (Lipinski definition) is 8. The van der Waals surface area contributed by atoms with Crippen LogP contribution in [0.25, 0.3) is 0 Å². The standard InChI is InChI=1S/C24H36N4O9/c1-4-12(2)19(24(36)37)27-22(34)17(11-14-5-7-15(30)8-6-14)26-23(35)20(13(3)29)28-21(33)16(25)9-10-18(31)32/h5-8,12-13,16-17,19-20,29-30H,4,9-11,25H2,1-3H3,(H,26,35)(H,27,34)(H,28,33)(H,31,32)(H,36,37). The van der Waals surface area contributed by atoms with Crippen molar-refractivity contribution in [3.63, 3.8) is 0 Å². The quantitative estimate of drug-likeness (QED) is 0.141. The fourth-order valence-corrected chi connectivity index (χ4v) is 3.35. The lowest BCUT2D eigenvalue weighted by molar-refractivity contribution is -0.144. The number of phenols is 1. The molecule has 0 bridgehead atoms. The molecular formula is C24H36N4O9. The minimum absolute atomic E-state index is 0.0207. The van der Waals surface area contributed by atoms with E-state index in [-0.39, 0.29) is 25.0 Å². The zero-order valence-corrected chi connectivity index (χ0v) is 21.0. The van der Waals surface area contributed by atoms with Gasteiger partial charge in [0.2, 0.25) is 17.7 Å². The second-order valence-electron chi connectivity index (χ2n) is 8.91. The Kier molecular flexibility index (Phi) is 12.5. The van der Waals surface area contributed by atoms with Crippen LogP contribution in [0, 0.1) is 5.92 Å². The van der Waals surface area contributed by atoms with E-state index >= 15 is 0 Å². The normalized spacial score (nSPS) is 15.8. The van der Waals surface area contributed by atoms with Crippen LogP contribution in [-0.2, 0) is 30.4 Å². The maximum Gasteiger partial charge on any atom is 0.326 e. The van der Waals surface area contributed by atoms with Crippen LogP contribution in [0.4, 0.5) is 0 Å². The number of benzene rings is 1. The van der Waals surface area contributed by atoms with Crippen molar-refractivity contribution in [2.24, 2.45) is 11.7 Å². The minimum Gasteiger partial charge on any atom is -0.508 e. The van der Waals surface area contributed by atoms with E-state index in [9.17, 15) is 39.3 Å². The number of aliphatic hydroxyl groups is 1. The van der Waals surface area contributed by atoms with Crippen molar-refractivity contribution < 1.29 is 44.4 Å². The molecule has 0 aromatic heterocycles. The van der Waals surface area contributed by atoms with Gasteiger partial charge in [-0.25, -0.2) is 4.79 Å². The molecule has 13 heteroatoms. The van der Waals surface area contributed by atoms with Gasteiger partial charge in [-0.1, -0.05) is 32.4 Å². The molecule has 0 saturated heterocycles. The van der Waals surface area contributed by atoms with E-state index in [1.54, 1.807) is 13.8 Å². The predicted molar refractivity (Wildman–Crippen MR) is 131 cm³/mol. The Morgan fingerprint density at radius 1 is 0.892 bits per heavy atom. The van der Waals surface area contributed by atoms with Crippen molar-refractivity contribution in [1.82, 2.24) is 16.0 Å². The van der Waals surface area contributed by atoms with Crippen molar-refractivity contribution in [1.29, 1.82) is 0 Å². The molecule has 37 heavy (non-hydrogen) atoms. The first kappa shape index (κ1) is 31.3. The maximum absolute atomic E-state index is 13.1. The van der Waals surface area contributed by atoms with Gasteiger partial charge in [0.05, 0.1) is 12.1 Å². The van der Waals surface area contributed by atoms with Gasteiger partial charge in [0, 0.05) is 12.8 Å². The highest BCUT2D eigenvalue weighted by Gasteiger charge is 2.33. The van der Waals surface area contributed by atoms with Gasteiger partial charge >= 0.3 is 11.9 Å². The Balaban J connectivity index is 3.12. The third-order valence-corrected chi connectivity index (χ3v) is 5.85. The topological polar surface area (TPSA) is 228 Å². The predicted octanol–water partition coefficient (Wildman–Crippen LogP) is -0.907. The third kappa shape index (κ3) is 10.4. The van der Waals surface area contributed by atoms with Crippen molar-refractivity contribution >= 4 is 29.7 Å². The number of aliphatic hydroxyl groups excluding tert-OH is 1. The van der Waals surface area contributed by atoms with Gasteiger partial charge in [-0.2, -0.15) is 0 Å². The number of amides is 3. The average Bonchev–Trinajstić information content (AvgIpc) is 2.83. The molecule has 0 heterocycles. The molecule has 1 aromatic carbocycles. The molecule has 0 aliphatic carbocycles. The molecule has 0 spiro atoms. The van der Waals surface area contributed by atoms with Gasteiger partial charge in [0.1, 0.15) is 23.9 Å². The molecule has 0 aliphatic rings. The molecule has 13 nitrogen and oxygen atoms in total. The molecule has 3 amide bonds. The van der Waals surface area contributed by atoms with Gasteiger partial charge in [-0.05, 0) is 37.0 Å². The lowest BCUT2D eigenvalue weighted by Crippen LogP contribution is -2.60. The number of aliphatic carboxylic acids is 2. The summed E-state index contributed by atoms with van der Waals surface area (Å²) < 4.78 is 0. The van der Waals surface area contributed by atoms with Crippen LogP contribution in [0.15, 0.2) is 24.3 Å². The smallest absolute Gasteiger partial charge is 0.326 e. The fourth-order valence-electron chi connectivity index (χ4n) is 3.35. The van der Waals surface area contributed by atoms with E-state index in [0.29, 0.717) is 12.0 Å². The van der Waals surface area contributed by atoms with Crippen LogP contribution in [-0.4, -0.2) is 80.4 Å². The van der Waals surface area contributed by atoms with E-state index in [2.05, 4.69) is 16.0 Å². The number of rotatable bonds is 15. The Morgan fingerprint density at radius 2 is 1.46 bits per heavy atom. The Bertz CT molecular complexity index is 952. The molecule has 0 saturated carbocycles. The summed E-state index contributed by atoms with van der Waals surface area (Å²) in [5.74, 6) is -5.46. The van der Waals surface area contributed by atoms with Gasteiger partial charge in [-0.3, -0.25) is 19.2 Å². The van der Waals surface area contributed by atoms with E-state index in [1.165, 1.54) is 31.2 Å². The first-order valence-corrected chi connectivity index (χ1v) is 11.8. The van der Waals surface area contributed by atoms with Gasteiger partial charge in [0.15, 0.2) is 0 Å². The second-order valence-corrected chi connectivity index (χ2v) is 8.91. The van der Waals surface area contributed by atoms with Crippen LogP contribution in [0.2, 0.25) is 0 Å². The summed E-state index contributed by atoms with van der Waals surface area (Å²) in [4.78, 5) is 60.9. The Labute approximate surface area is 214 Å². The number of carbonyl (C=O) groups is 5. The lowest BCUT2D eigenvalue weighted by Gasteiger charge is -2.27. The van der Waals surface area contributed by atoms with E-state index in [0.717, 1.165) is 0 Å². The Morgan fingerprint density at radius 3 is 1.95 bits per heavy atom. The van der Waals surface area contributed by atoms with Crippen LogP contribution >= 0.6 is 0 Å². The summed E-state index contributed by atoms with van der Waals surface area (Å²) in [6.45, 7) is 4.64. The van der Waals surface area contributed by atoms with Crippen molar-refractivity contribution in [2.75, 3.05) is 0 Å². The van der Waals surface area contributed by atoms with E-state index in [4.69, 9.17) is 10.8 Å².